The highest BCUT2D eigenvalue weighted by atomic mass is 16.5. The van der Waals surface area contributed by atoms with Crippen LogP contribution in [0.5, 0.6) is 5.75 Å². The van der Waals surface area contributed by atoms with E-state index in [2.05, 4.69) is 27.9 Å². The molecule has 2 amide bonds. The van der Waals surface area contributed by atoms with Crippen LogP contribution in [0.15, 0.2) is 54.6 Å². The first-order valence-electron chi connectivity index (χ1n) is 8.67. The maximum atomic E-state index is 12.3. The summed E-state index contributed by atoms with van der Waals surface area (Å²) in [6, 6.07) is 17.3. The van der Waals surface area contributed by atoms with Gasteiger partial charge in [-0.05, 0) is 36.7 Å². The fraction of sp³-hybridized carbons (Fsp3) is 0.300. The van der Waals surface area contributed by atoms with Crippen LogP contribution in [0.1, 0.15) is 23.6 Å². The number of carbonyl (C=O) groups is 2. The maximum absolute atomic E-state index is 12.3. The highest BCUT2D eigenvalue weighted by molar-refractivity contribution is 5.83. The summed E-state index contributed by atoms with van der Waals surface area (Å²) in [5.41, 5.74) is 7.33. The van der Waals surface area contributed by atoms with Crippen LogP contribution in [0.2, 0.25) is 0 Å². The molecule has 6 heteroatoms. The van der Waals surface area contributed by atoms with Gasteiger partial charge in [0.15, 0.2) is 6.61 Å². The smallest absolute Gasteiger partial charge is 0.276 e. The van der Waals surface area contributed by atoms with Crippen LogP contribution in [-0.2, 0) is 16.0 Å². The van der Waals surface area contributed by atoms with Crippen LogP contribution in [0, 0.1) is 0 Å². The van der Waals surface area contributed by atoms with Crippen molar-refractivity contribution in [2.24, 2.45) is 0 Å². The van der Waals surface area contributed by atoms with Gasteiger partial charge >= 0.3 is 0 Å². The summed E-state index contributed by atoms with van der Waals surface area (Å²) in [4.78, 5) is 26.2. The molecule has 6 nitrogen and oxygen atoms in total. The predicted molar refractivity (Wildman–Crippen MR) is 98.4 cm³/mol. The number of nitrogens with zero attached hydrogens (tertiary/aromatic N) is 1. The number of hydrogen-bond donors (Lipinski definition) is 2. The Morgan fingerprint density at radius 2 is 1.73 bits per heavy atom. The number of ether oxygens (including phenoxy) is 1. The molecule has 0 saturated carbocycles. The van der Waals surface area contributed by atoms with Crippen molar-refractivity contribution in [3.63, 3.8) is 0 Å². The summed E-state index contributed by atoms with van der Waals surface area (Å²) >= 11 is 0. The van der Waals surface area contributed by atoms with Gasteiger partial charge in [0, 0.05) is 19.0 Å². The third kappa shape index (κ3) is 4.61. The highest BCUT2D eigenvalue weighted by Crippen LogP contribution is 2.30. The van der Waals surface area contributed by atoms with Crippen LogP contribution in [-0.4, -0.2) is 36.9 Å². The van der Waals surface area contributed by atoms with Crippen molar-refractivity contribution in [3.8, 4) is 5.75 Å². The van der Waals surface area contributed by atoms with Crippen molar-refractivity contribution < 1.29 is 14.3 Å². The first-order valence-corrected chi connectivity index (χ1v) is 8.67. The molecule has 0 fully saturated rings. The Bertz CT molecular complexity index is 764. The number of rotatable bonds is 5. The maximum Gasteiger partial charge on any atom is 0.276 e. The second-order valence-corrected chi connectivity index (χ2v) is 6.35. The summed E-state index contributed by atoms with van der Waals surface area (Å²) in [6.45, 7) is 0.753. The second-order valence-electron chi connectivity index (χ2n) is 6.35. The molecular weight excluding hydrogens is 330 g/mol. The number of hydrazine groups is 1. The summed E-state index contributed by atoms with van der Waals surface area (Å²) < 4.78 is 5.34. The lowest BCUT2D eigenvalue weighted by Crippen LogP contribution is -2.45. The Hall–Kier alpha value is -2.86. The van der Waals surface area contributed by atoms with Crippen molar-refractivity contribution in [1.82, 2.24) is 15.8 Å². The molecule has 2 N–H and O–H groups in total. The van der Waals surface area contributed by atoms with Crippen LogP contribution >= 0.6 is 0 Å². The summed E-state index contributed by atoms with van der Waals surface area (Å²) in [5, 5.41) is 0. The molecule has 0 aliphatic carbocycles. The molecule has 26 heavy (non-hydrogen) atoms. The van der Waals surface area contributed by atoms with Crippen LogP contribution in [0.3, 0.4) is 0 Å². The van der Waals surface area contributed by atoms with Crippen molar-refractivity contribution in [2.45, 2.75) is 18.9 Å². The minimum atomic E-state index is -0.403. The first-order chi connectivity index (χ1) is 12.6. The largest absolute Gasteiger partial charge is 0.484 e. The summed E-state index contributed by atoms with van der Waals surface area (Å²) in [5.74, 6) is -0.0272. The number of amides is 2. The lowest BCUT2D eigenvalue weighted by Gasteiger charge is -2.34. The molecule has 1 heterocycles. The van der Waals surface area contributed by atoms with Crippen molar-refractivity contribution in [1.29, 1.82) is 0 Å². The Morgan fingerprint density at radius 3 is 2.54 bits per heavy atom. The van der Waals surface area contributed by atoms with Crippen molar-refractivity contribution in [3.05, 3.63) is 65.7 Å². The van der Waals surface area contributed by atoms with Gasteiger partial charge in [0.05, 0.1) is 0 Å². The lowest BCUT2D eigenvalue weighted by atomic mass is 9.91. The van der Waals surface area contributed by atoms with Crippen LogP contribution in [0.4, 0.5) is 0 Å². The van der Waals surface area contributed by atoms with E-state index in [1.54, 1.807) is 12.1 Å². The monoisotopic (exact) mass is 353 g/mol. The van der Waals surface area contributed by atoms with Gasteiger partial charge in [-0.2, -0.15) is 0 Å². The van der Waals surface area contributed by atoms with Crippen molar-refractivity contribution >= 4 is 11.8 Å². The standard InChI is InChI=1S/C20H23N3O3/c1-23-12-11-15-7-5-6-10-17(15)18(23)13-19(24)21-22-20(25)14-26-16-8-3-2-4-9-16/h2-10,18H,11-14H2,1H3,(H,21,24)(H,22,25). The van der Waals surface area contributed by atoms with E-state index in [-0.39, 0.29) is 25.0 Å². The molecule has 1 atom stereocenters. The Labute approximate surface area is 153 Å². The topological polar surface area (TPSA) is 70.7 Å². The van der Waals surface area contributed by atoms with Gasteiger partial charge in [-0.15, -0.1) is 0 Å². The van der Waals surface area contributed by atoms with Gasteiger partial charge in [0.2, 0.25) is 5.91 Å². The summed E-state index contributed by atoms with van der Waals surface area (Å²) in [6.07, 6.45) is 1.27. The number of fused-ring (bicyclic) bond motifs is 1. The van der Waals surface area contributed by atoms with E-state index in [0.29, 0.717) is 5.75 Å². The number of para-hydroxylation sites is 1. The fourth-order valence-electron chi connectivity index (χ4n) is 3.11. The zero-order chi connectivity index (χ0) is 18.4. The predicted octanol–water partition coefficient (Wildman–Crippen LogP) is 1.83. The average Bonchev–Trinajstić information content (AvgIpc) is 2.68. The zero-order valence-corrected chi connectivity index (χ0v) is 14.8. The van der Waals surface area contributed by atoms with E-state index in [0.717, 1.165) is 13.0 Å². The molecule has 2 aromatic carbocycles. The number of nitrogens with one attached hydrogen (secondary N) is 2. The van der Waals surface area contributed by atoms with E-state index in [4.69, 9.17) is 4.74 Å². The molecule has 0 saturated heterocycles. The second kappa shape index (κ2) is 8.49. The SMILES string of the molecule is CN1CCc2ccccc2C1CC(=O)NNC(=O)COc1ccccc1. The molecular formula is C20H23N3O3. The van der Waals surface area contributed by atoms with E-state index >= 15 is 0 Å². The molecule has 0 spiro atoms. The molecule has 1 unspecified atom stereocenters. The Balaban J connectivity index is 1.47. The number of hydrogen-bond acceptors (Lipinski definition) is 4. The third-order valence-corrected chi connectivity index (χ3v) is 4.51. The van der Waals surface area contributed by atoms with Gasteiger partial charge in [-0.3, -0.25) is 25.3 Å². The average molecular weight is 353 g/mol. The van der Waals surface area contributed by atoms with Crippen molar-refractivity contribution in [2.75, 3.05) is 20.2 Å². The van der Waals surface area contributed by atoms with Gasteiger partial charge in [-0.25, -0.2) is 0 Å². The number of likely N-dealkylation sites (N-methyl/N-ethyl adjacent to an activating group) is 1. The van der Waals surface area contributed by atoms with Gasteiger partial charge in [0.25, 0.3) is 5.91 Å². The summed E-state index contributed by atoms with van der Waals surface area (Å²) in [7, 11) is 2.01. The third-order valence-electron chi connectivity index (χ3n) is 4.51. The molecule has 1 aliphatic rings. The molecule has 0 aromatic heterocycles. The van der Waals surface area contributed by atoms with E-state index in [1.165, 1.54) is 11.1 Å². The molecule has 0 bridgehead atoms. The highest BCUT2D eigenvalue weighted by Gasteiger charge is 2.26. The molecule has 136 valence electrons. The number of benzene rings is 2. The Morgan fingerprint density at radius 1 is 1.04 bits per heavy atom. The van der Waals surface area contributed by atoms with Gasteiger partial charge in [0.1, 0.15) is 5.75 Å². The lowest BCUT2D eigenvalue weighted by molar-refractivity contribution is -0.130. The molecule has 0 radical (unpaired) electrons. The molecule has 3 rings (SSSR count). The first kappa shape index (κ1) is 17.9. The van der Waals surface area contributed by atoms with Crippen LogP contribution in [0.25, 0.3) is 0 Å². The fourth-order valence-corrected chi connectivity index (χ4v) is 3.11. The van der Waals surface area contributed by atoms with Crippen LogP contribution < -0.4 is 15.6 Å². The van der Waals surface area contributed by atoms with E-state index < -0.39 is 5.91 Å². The van der Waals surface area contributed by atoms with E-state index in [1.807, 2.05) is 37.4 Å². The minimum absolute atomic E-state index is 0.0115. The quantitative estimate of drug-likeness (QED) is 0.805. The molecule has 2 aromatic rings. The molecule has 1 aliphatic heterocycles. The normalized spacial score (nSPS) is 16.4. The number of carbonyl (C=O) groups excluding carboxylic acids is 2. The zero-order valence-electron chi connectivity index (χ0n) is 14.8. The Kier molecular flexibility index (Phi) is 5.86. The van der Waals surface area contributed by atoms with Gasteiger partial charge in [-0.1, -0.05) is 42.5 Å². The van der Waals surface area contributed by atoms with E-state index in [9.17, 15) is 9.59 Å². The van der Waals surface area contributed by atoms with Gasteiger partial charge < -0.3 is 4.74 Å². The minimum Gasteiger partial charge on any atom is -0.484 e.